The van der Waals surface area contributed by atoms with Crippen molar-refractivity contribution in [1.29, 1.82) is 0 Å². The number of nitrogens with zero attached hydrogens (tertiary/aromatic N) is 1. The van der Waals surface area contributed by atoms with Crippen LogP contribution in [-0.4, -0.2) is 22.8 Å². The first-order valence-electron chi connectivity index (χ1n) is 9.15. The maximum Gasteiger partial charge on any atom is 0.253 e. The number of halogens is 1. The quantitative estimate of drug-likeness (QED) is 0.453. The van der Waals surface area contributed by atoms with Gasteiger partial charge in [-0.25, -0.2) is 4.98 Å². The first-order chi connectivity index (χ1) is 14.0. The zero-order valence-electron chi connectivity index (χ0n) is 15.4. The number of para-hydroxylation sites is 2. The van der Waals surface area contributed by atoms with Gasteiger partial charge in [0.25, 0.3) is 5.91 Å². The summed E-state index contributed by atoms with van der Waals surface area (Å²) in [6.07, 6.45) is 0.295. The van der Waals surface area contributed by atoms with Crippen molar-refractivity contribution in [2.75, 3.05) is 0 Å². The lowest BCUT2D eigenvalue weighted by atomic mass is 10.0. The third-order valence-electron chi connectivity index (χ3n) is 4.85. The number of fused-ring (bicyclic) bond motifs is 2. The number of benzene rings is 3. The van der Waals surface area contributed by atoms with E-state index in [1.54, 1.807) is 0 Å². The van der Waals surface area contributed by atoms with Crippen LogP contribution in [0.3, 0.4) is 0 Å². The van der Waals surface area contributed by atoms with Crippen molar-refractivity contribution < 1.29 is 9.59 Å². The summed E-state index contributed by atoms with van der Waals surface area (Å²) in [5.41, 5.74) is 8.43. The van der Waals surface area contributed by atoms with Crippen LogP contribution in [0.2, 0.25) is 0 Å². The number of primary amides is 1. The number of carbonyl (C=O) groups is 2. The fraction of sp³-hybridized carbons (Fsp3) is 0.0870. The molecule has 0 spiro atoms. The molecule has 4 rings (SSSR count). The van der Waals surface area contributed by atoms with Crippen LogP contribution in [0, 0.1) is 0 Å². The second kappa shape index (κ2) is 8.01. The second-order valence-electron chi connectivity index (χ2n) is 6.75. The summed E-state index contributed by atoms with van der Waals surface area (Å²) in [4.78, 5) is 30.0. The predicted molar refractivity (Wildman–Crippen MR) is 118 cm³/mol. The molecule has 3 aromatic carbocycles. The van der Waals surface area contributed by atoms with E-state index in [9.17, 15) is 9.59 Å². The minimum absolute atomic E-state index is 0.295. The van der Waals surface area contributed by atoms with E-state index < -0.39 is 11.9 Å². The molecule has 0 aliphatic carbocycles. The van der Waals surface area contributed by atoms with Crippen molar-refractivity contribution >= 4 is 49.6 Å². The average Bonchev–Trinajstić information content (AvgIpc) is 2.72. The molecule has 1 aromatic heterocycles. The van der Waals surface area contributed by atoms with Crippen molar-refractivity contribution in [2.24, 2.45) is 5.73 Å². The van der Waals surface area contributed by atoms with Crippen molar-refractivity contribution in [3.8, 4) is 0 Å². The third-order valence-corrected chi connectivity index (χ3v) is 5.62. The van der Waals surface area contributed by atoms with Gasteiger partial charge in [-0.15, -0.1) is 0 Å². The van der Waals surface area contributed by atoms with Gasteiger partial charge in [-0.2, -0.15) is 0 Å². The molecule has 0 radical (unpaired) electrons. The van der Waals surface area contributed by atoms with Gasteiger partial charge in [-0.3, -0.25) is 9.59 Å². The third kappa shape index (κ3) is 3.84. The number of pyridine rings is 1. The van der Waals surface area contributed by atoms with Gasteiger partial charge in [0.1, 0.15) is 6.04 Å². The van der Waals surface area contributed by atoms with Gasteiger partial charge in [0, 0.05) is 21.7 Å². The highest BCUT2D eigenvalue weighted by atomic mass is 79.9. The van der Waals surface area contributed by atoms with Crippen molar-refractivity contribution in [3.63, 3.8) is 0 Å². The van der Waals surface area contributed by atoms with E-state index in [4.69, 9.17) is 5.73 Å². The molecule has 0 saturated carbocycles. The maximum atomic E-state index is 13.3. The number of nitrogens with one attached hydrogen (secondary N) is 1. The topological polar surface area (TPSA) is 85.1 Å². The molecule has 6 heteroatoms. The Hall–Kier alpha value is -3.25. The fourth-order valence-corrected chi connectivity index (χ4v) is 3.87. The van der Waals surface area contributed by atoms with E-state index in [0.29, 0.717) is 12.0 Å². The molecule has 29 heavy (non-hydrogen) atoms. The number of hydrogen-bond donors (Lipinski definition) is 2. The Morgan fingerprint density at radius 2 is 1.45 bits per heavy atom. The molecule has 0 fully saturated rings. The Balaban J connectivity index is 1.75. The minimum atomic E-state index is -0.841. The molecule has 5 nitrogen and oxygen atoms in total. The summed E-state index contributed by atoms with van der Waals surface area (Å²) in [6, 6.07) is 21.6. The fourth-order valence-electron chi connectivity index (χ4n) is 3.42. The normalized spacial score (nSPS) is 12.0. The first kappa shape index (κ1) is 19.1. The van der Waals surface area contributed by atoms with Crippen LogP contribution in [0.15, 0.2) is 77.3 Å². The molecule has 144 valence electrons. The number of nitrogens with two attached hydrogens (primary N) is 1. The van der Waals surface area contributed by atoms with Gasteiger partial charge < -0.3 is 11.1 Å². The first-order valence-corrected chi connectivity index (χ1v) is 9.95. The smallest absolute Gasteiger partial charge is 0.253 e. The monoisotopic (exact) mass is 447 g/mol. The molecule has 0 aliphatic rings. The van der Waals surface area contributed by atoms with E-state index in [0.717, 1.165) is 31.8 Å². The Morgan fingerprint density at radius 3 is 2.03 bits per heavy atom. The Bertz CT molecular complexity index is 1190. The van der Waals surface area contributed by atoms with Crippen LogP contribution in [0.4, 0.5) is 0 Å². The lowest BCUT2D eigenvalue weighted by Crippen LogP contribution is -2.46. The standard InChI is InChI=1S/C23H18BrN3O2/c24-17-10-4-1-7-14(17)13-20(22(25)28)27-23(29)21-15-8-2-5-11-18(15)26-19-12-6-3-9-16(19)21/h1-12,20H,13H2,(H2,25,28)(H,27,29)/t20-/m0/s1. The Labute approximate surface area is 176 Å². The lowest BCUT2D eigenvalue weighted by Gasteiger charge is -2.18. The summed E-state index contributed by atoms with van der Waals surface area (Å²) in [7, 11) is 0. The SMILES string of the molecule is NC(=O)[C@H](Cc1ccccc1Br)NC(=O)c1c2ccccc2nc2ccccc12. The molecule has 0 saturated heterocycles. The molecule has 4 aromatic rings. The number of hydrogen-bond acceptors (Lipinski definition) is 3. The van der Waals surface area contributed by atoms with Crippen LogP contribution in [0.5, 0.6) is 0 Å². The highest BCUT2D eigenvalue weighted by Crippen LogP contribution is 2.26. The van der Waals surface area contributed by atoms with Crippen molar-refractivity contribution in [2.45, 2.75) is 12.5 Å². The summed E-state index contributed by atoms with van der Waals surface area (Å²) in [5.74, 6) is -0.938. The largest absolute Gasteiger partial charge is 0.368 e. The number of amides is 2. The highest BCUT2D eigenvalue weighted by molar-refractivity contribution is 9.10. The second-order valence-corrected chi connectivity index (χ2v) is 7.60. The van der Waals surface area contributed by atoms with Gasteiger partial charge in [0.05, 0.1) is 16.6 Å². The molecule has 0 unspecified atom stereocenters. The van der Waals surface area contributed by atoms with E-state index in [-0.39, 0.29) is 5.91 Å². The van der Waals surface area contributed by atoms with Crippen LogP contribution in [0.1, 0.15) is 15.9 Å². The van der Waals surface area contributed by atoms with E-state index >= 15 is 0 Å². The summed E-state index contributed by atoms with van der Waals surface area (Å²) in [6.45, 7) is 0. The molecule has 2 amide bonds. The Kier molecular flexibility index (Phi) is 5.27. The van der Waals surface area contributed by atoms with Crippen LogP contribution in [0.25, 0.3) is 21.8 Å². The molecule has 1 atom stereocenters. The molecular formula is C23H18BrN3O2. The zero-order valence-corrected chi connectivity index (χ0v) is 17.0. The Morgan fingerprint density at radius 1 is 0.897 bits per heavy atom. The van der Waals surface area contributed by atoms with Crippen molar-refractivity contribution in [1.82, 2.24) is 10.3 Å². The van der Waals surface area contributed by atoms with Gasteiger partial charge in [-0.05, 0) is 23.8 Å². The zero-order chi connectivity index (χ0) is 20.4. The number of carbonyl (C=O) groups excluding carboxylic acids is 2. The van der Waals surface area contributed by atoms with Crippen LogP contribution in [-0.2, 0) is 11.2 Å². The van der Waals surface area contributed by atoms with Crippen molar-refractivity contribution in [3.05, 3.63) is 88.4 Å². The maximum absolute atomic E-state index is 13.3. The minimum Gasteiger partial charge on any atom is -0.368 e. The van der Waals surface area contributed by atoms with E-state index in [1.165, 1.54) is 0 Å². The highest BCUT2D eigenvalue weighted by Gasteiger charge is 2.23. The van der Waals surface area contributed by atoms with Gasteiger partial charge in [0.2, 0.25) is 5.91 Å². The molecule has 0 bridgehead atoms. The van der Waals surface area contributed by atoms with Crippen LogP contribution < -0.4 is 11.1 Å². The number of rotatable bonds is 5. The average molecular weight is 448 g/mol. The predicted octanol–water partition coefficient (Wildman–Crippen LogP) is 3.98. The molecule has 0 aliphatic heterocycles. The molecular weight excluding hydrogens is 430 g/mol. The van der Waals surface area contributed by atoms with Gasteiger partial charge in [0.15, 0.2) is 0 Å². The van der Waals surface area contributed by atoms with Gasteiger partial charge in [-0.1, -0.05) is 70.5 Å². The summed E-state index contributed by atoms with van der Waals surface area (Å²) >= 11 is 3.48. The molecule has 1 heterocycles. The summed E-state index contributed by atoms with van der Waals surface area (Å²) < 4.78 is 0.861. The van der Waals surface area contributed by atoms with Crippen LogP contribution >= 0.6 is 15.9 Å². The molecule has 3 N–H and O–H groups in total. The number of aromatic nitrogens is 1. The van der Waals surface area contributed by atoms with Gasteiger partial charge >= 0.3 is 0 Å². The van der Waals surface area contributed by atoms with E-state index in [1.807, 2.05) is 72.8 Å². The van der Waals surface area contributed by atoms with E-state index in [2.05, 4.69) is 26.2 Å². The lowest BCUT2D eigenvalue weighted by molar-refractivity contribution is -0.119. The summed E-state index contributed by atoms with van der Waals surface area (Å²) in [5, 5.41) is 4.29.